The predicted molar refractivity (Wildman–Crippen MR) is 113 cm³/mol. The maximum atomic E-state index is 12.1. The van der Waals surface area contributed by atoms with Gasteiger partial charge in [0.05, 0.1) is 30.9 Å². The Bertz CT molecular complexity index is 1050. The van der Waals surface area contributed by atoms with Gasteiger partial charge in [-0.05, 0) is 36.2 Å². The molecule has 0 fully saturated rings. The summed E-state index contributed by atoms with van der Waals surface area (Å²) in [5, 5.41) is 1.03. The van der Waals surface area contributed by atoms with Crippen LogP contribution >= 0.6 is 11.8 Å². The first-order valence-corrected chi connectivity index (χ1v) is 9.71. The van der Waals surface area contributed by atoms with Crippen LogP contribution in [0.25, 0.3) is 10.9 Å². The zero-order chi connectivity index (χ0) is 19.9. The van der Waals surface area contributed by atoms with E-state index < -0.39 is 0 Å². The van der Waals surface area contributed by atoms with Crippen molar-refractivity contribution in [1.29, 1.82) is 0 Å². The molecule has 0 saturated heterocycles. The van der Waals surface area contributed by atoms with Gasteiger partial charge in [0.1, 0.15) is 5.82 Å². The van der Waals surface area contributed by atoms with Crippen LogP contribution in [0.15, 0.2) is 52.3 Å². The molecule has 3 N–H and O–H groups in total. The molecule has 0 atom stereocenters. The molecule has 146 valence electrons. The van der Waals surface area contributed by atoms with E-state index in [-0.39, 0.29) is 5.56 Å². The number of nitrogens with zero attached hydrogens (tertiary/aromatic N) is 2. The average molecular weight is 398 g/mol. The second-order valence-corrected chi connectivity index (χ2v) is 6.97. The van der Waals surface area contributed by atoms with Crippen molar-refractivity contribution in [3.63, 3.8) is 0 Å². The van der Waals surface area contributed by atoms with Crippen LogP contribution in [0.5, 0.6) is 11.5 Å². The third-order valence-corrected chi connectivity index (χ3v) is 4.98. The molecule has 0 spiro atoms. The van der Waals surface area contributed by atoms with Gasteiger partial charge in [-0.25, -0.2) is 4.98 Å². The van der Waals surface area contributed by atoms with Crippen LogP contribution in [-0.2, 0) is 12.2 Å². The van der Waals surface area contributed by atoms with E-state index in [1.54, 1.807) is 20.3 Å². The summed E-state index contributed by atoms with van der Waals surface area (Å²) < 4.78 is 10.5. The summed E-state index contributed by atoms with van der Waals surface area (Å²) in [5.74, 6) is 2.41. The summed E-state index contributed by atoms with van der Waals surface area (Å²) in [5.41, 5.74) is 7.59. The molecular weight excluding hydrogens is 376 g/mol. The highest BCUT2D eigenvalue weighted by molar-refractivity contribution is 8.13. The van der Waals surface area contributed by atoms with E-state index in [4.69, 9.17) is 15.2 Å². The van der Waals surface area contributed by atoms with Crippen molar-refractivity contribution in [3.05, 3.63) is 64.2 Å². The van der Waals surface area contributed by atoms with Crippen LogP contribution < -0.4 is 20.8 Å². The number of thioether (sulfide) groups is 1. The van der Waals surface area contributed by atoms with Crippen molar-refractivity contribution in [2.45, 2.75) is 12.2 Å². The lowest BCUT2D eigenvalue weighted by Gasteiger charge is -2.09. The van der Waals surface area contributed by atoms with Crippen LogP contribution in [0.4, 0.5) is 0 Å². The maximum Gasteiger partial charge on any atom is 0.258 e. The molecule has 1 aromatic heterocycles. The Hall–Kier alpha value is -3.00. The smallest absolute Gasteiger partial charge is 0.258 e. The van der Waals surface area contributed by atoms with Gasteiger partial charge in [0.2, 0.25) is 0 Å². The first-order chi connectivity index (χ1) is 13.6. The van der Waals surface area contributed by atoms with Gasteiger partial charge in [-0.2, -0.15) is 0 Å². The number of aromatic amines is 1. The zero-order valence-electron chi connectivity index (χ0n) is 15.8. The van der Waals surface area contributed by atoms with Gasteiger partial charge in [0.25, 0.3) is 5.56 Å². The minimum absolute atomic E-state index is 0.148. The molecule has 0 bridgehead atoms. The van der Waals surface area contributed by atoms with Crippen molar-refractivity contribution in [1.82, 2.24) is 9.97 Å². The second kappa shape index (κ2) is 9.27. The van der Waals surface area contributed by atoms with Gasteiger partial charge in [0.15, 0.2) is 16.7 Å². The molecule has 0 amide bonds. The van der Waals surface area contributed by atoms with Gasteiger partial charge in [-0.15, -0.1) is 0 Å². The largest absolute Gasteiger partial charge is 0.493 e. The lowest BCUT2D eigenvalue weighted by atomic mass is 10.1. The number of H-pyrrole nitrogens is 1. The number of benzene rings is 2. The average Bonchev–Trinajstić information content (AvgIpc) is 2.72. The molecule has 0 aliphatic rings. The minimum atomic E-state index is -0.148. The van der Waals surface area contributed by atoms with Crippen LogP contribution in [0.1, 0.15) is 11.4 Å². The fourth-order valence-corrected chi connectivity index (χ4v) is 3.33. The fraction of sp³-hybridized carbons (Fsp3) is 0.250. The number of fused-ring (bicyclic) bond motifs is 1. The molecule has 0 aliphatic carbocycles. The molecule has 0 aliphatic heterocycles. The highest BCUT2D eigenvalue weighted by atomic mass is 32.2. The Morgan fingerprint density at radius 2 is 1.96 bits per heavy atom. The number of rotatable bonds is 7. The highest BCUT2D eigenvalue weighted by Gasteiger charge is 2.06. The molecule has 0 saturated carbocycles. The Labute approximate surface area is 167 Å². The zero-order valence-corrected chi connectivity index (χ0v) is 16.6. The van der Waals surface area contributed by atoms with E-state index in [0.29, 0.717) is 45.7 Å². The summed E-state index contributed by atoms with van der Waals surface area (Å²) >= 11 is 1.35. The molecule has 8 heteroatoms. The van der Waals surface area contributed by atoms with Crippen molar-refractivity contribution in [2.75, 3.05) is 20.8 Å². The van der Waals surface area contributed by atoms with Gasteiger partial charge in [-0.1, -0.05) is 30.0 Å². The minimum Gasteiger partial charge on any atom is -0.493 e. The number of nitrogens with one attached hydrogen (secondary N) is 1. The van der Waals surface area contributed by atoms with Crippen molar-refractivity contribution < 1.29 is 9.47 Å². The Kier molecular flexibility index (Phi) is 6.54. The summed E-state index contributed by atoms with van der Waals surface area (Å²) in [6.45, 7) is 0.552. The molecule has 7 nitrogen and oxygen atoms in total. The van der Waals surface area contributed by atoms with Crippen molar-refractivity contribution in [2.24, 2.45) is 10.7 Å². The van der Waals surface area contributed by atoms with Crippen LogP contribution in [0.3, 0.4) is 0 Å². The first-order valence-electron chi connectivity index (χ1n) is 8.72. The Balaban J connectivity index is 1.57. The third-order valence-electron chi connectivity index (χ3n) is 4.13. The molecule has 1 heterocycles. The quantitative estimate of drug-likeness (QED) is 0.469. The normalized spacial score (nSPS) is 11.6. The molecular formula is C20H22N4O3S. The van der Waals surface area contributed by atoms with E-state index in [1.165, 1.54) is 11.8 Å². The standard InChI is InChI=1S/C20H22N4O3S/c1-26-16-8-7-13(11-17(16)27-2)9-10-22-20(21)28-12-18-23-15-6-4-3-5-14(15)19(25)24-18/h3-8,11H,9-10,12H2,1-2H3,(H2,21,22)(H,23,24,25). The van der Waals surface area contributed by atoms with Gasteiger partial charge < -0.3 is 20.2 Å². The topological polar surface area (TPSA) is 103 Å². The number of hydrogen-bond acceptors (Lipinski definition) is 6. The van der Waals surface area contributed by atoms with Crippen LogP contribution in [0.2, 0.25) is 0 Å². The van der Waals surface area contributed by atoms with Gasteiger partial charge in [0, 0.05) is 6.54 Å². The van der Waals surface area contributed by atoms with Crippen LogP contribution in [-0.4, -0.2) is 35.9 Å². The molecule has 0 radical (unpaired) electrons. The number of ether oxygens (including phenoxy) is 2. The molecule has 0 unspecified atom stereocenters. The Morgan fingerprint density at radius 3 is 2.75 bits per heavy atom. The van der Waals surface area contributed by atoms with E-state index in [9.17, 15) is 4.79 Å². The van der Waals surface area contributed by atoms with Crippen LogP contribution in [0, 0.1) is 0 Å². The predicted octanol–water partition coefficient (Wildman–Crippen LogP) is 2.73. The number of methoxy groups -OCH3 is 2. The molecule has 3 aromatic rings. The number of hydrogen-bond donors (Lipinski definition) is 2. The summed E-state index contributed by atoms with van der Waals surface area (Å²) in [6, 6.07) is 13.0. The Morgan fingerprint density at radius 1 is 1.18 bits per heavy atom. The second-order valence-electron chi connectivity index (χ2n) is 5.98. The maximum absolute atomic E-state index is 12.1. The van der Waals surface area contributed by atoms with Gasteiger partial charge in [-0.3, -0.25) is 9.79 Å². The fourth-order valence-electron chi connectivity index (χ4n) is 2.72. The van der Waals surface area contributed by atoms with E-state index in [2.05, 4.69) is 15.0 Å². The number of amidine groups is 1. The molecule has 28 heavy (non-hydrogen) atoms. The summed E-state index contributed by atoms with van der Waals surface area (Å²) in [6.07, 6.45) is 0.729. The van der Waals surface area contributed by atoms with E-state index in [0.717, 1.165) is 12.0 Å². The van der Waals surface area contributed by atoms with Crippen molar-refractivity contribution in [3.8, 4) is 11.5 Å². The number of aliphatic imine (C=N–C) groups is 1. The lowest BCUT2D eigenvalue weighted by molar-refractivity contribution is 0.354. The highest BCUT2D eigenvalue weighted by Crippen LogP contribution is 2.27. The van der Waals surface area contributed by atoms with E-state index >= 15 is 0 Å². The van der Waals surface area contributed by atoms with E-state index in [1.807, 2.05) is 36.4 Å². The van der Waals surface area contributed by atoms with Gasteiger partial charge >= 0.3 is 0 Å². The number of nitrogens with two attached hydrogens (primary N) is 1. The SMILES string of the molecule is COc1ccc(CCN=C(N)SCc2nc3ccccc3c(=O)[nH]2)cc1OC. The number of aromatic nitrogens is 2. The molecule has 2 aromatic carbocycles. The molecule has 3 rings (SSSR count). The monoisotopic (exact) mass is 398 g/mol. The van der Waals surface area contributed by atoms with Crippen molar-refractivity contribution >= 4 is 27.8 Å². The summed E-state index contributed by atoms with van der Waals surface area (Å²) in [7, 11) is 3.22. The summed E-state index contributed by atoms with van der Waals surface area (Å²) in [4.78, 5) is 23.7. The third kappa shape index (κ3) is 4.83. The first kappa shape index (κ1) is 19.8. The number of para-hydroxylation sites is 1. The lowest BCUT2D eigenvalue weighted by Crippen LogP contribution is -2.13.